The lowest BCUT2D eigenvalue weighted by Crippen LogP contribution is -2.46. The summed E-state index contributed by atoms with van der Waals surface area (Å²) < 4.78 is 5.85. The molecule has 1 amide bonds. The zero-order valence-electron chi connectivity index (χ0n) is 39.0. The first-order valence-corrected chi connectivity index (χ1v) is 24.3. The van der Waals surface area contributed by atoms with Gasteiger partial charge in [-0.1, -0.05) is 213 Å². The number of aliphatic hydroxyl groups excluding tert-OH is 2. The van der Waals surface area contributed by atoms with Gasteiger partial charge >= 0.3 is 5.97 Å². The number of unbranched alkanes of at least 4 members (excludes halogenated alkanes) is 12. The fourth-order valence-electron chi connectivity index (χ4n) is 6.52. The molecule has 0 spiro atoms. The highest BCUT2D eigenvalue weighted by atomic mass is 16.5. The van der Waals surface area contributed by atoms with Crippen LogP contribution in [0.2, 0.25) is 0 Å². The highest BCUT2D eigenvalue weighted by Crippen LogP contribution is 2.16. The van der Waals surface area contributed by atoms with E-state index in [4.69, 9.17) is 4.74 Å². The molecule has 3 unspecified atom stereocenters. The minimum Gasteiger partial charge on any atom is -0.462 e. The predicted octanol–water partition coefficient (Wildman–Crippen LogP) is 14.5. The van der Waals surface area contributed by atoms with Gasteiger partial charge in [0.25, 0.3) is 0 Å². The molecule has 0 aromatic carbocycles. The summed E-state index contributed by atoms with van der Waals surface area (Å²) in [5, 5.41) is 23.6. The average Bonchev–Trinajstić information content (AvgIpc) is 3.25. The molecule has 0 aliphatic heterocycles. The normalized spacial score (nSPS) is 14.4. The summed E-state index contributed by atoms with van der Waals surface area (Å²) in [6.07, 6.45) is 65.5. The molecule has 6 heteroatoms. The van der Waals surface area contributed by atoms with Crippen LogP contribution in [-0.4, -0.2) is 46.9 Å². The number of nitrogens with one attached hydrogen (secondary N) is 1. The fraction of sp³-hybridized carbons (Fsp3) is 0.600. The Balaban J connectivity index is 4.79. The van der Waals surface area contributed by atoms with E-state index in [1.165, 1.54) is 44.9 Å². The third-order valence-electron chi connectivity index (χ3n) is 10.1. The van der Waals surface area contributed by atoms with Gasteiger partial charge in [0.15, 0.2) is 0 Å². The summed E-state index contributed by atoms with van der Waals surface area (Å²) in [5.41, 5.74) is 0. The summed E-state index contributed by atoms with van der Waals surface area (Å²) in [4.78, 5) is 26.0. The van der Waals surface area contributed by atoms with Crippen molar-refractivity contribution in [1.82, 2.24) is 5.32 Å². The van der Waals surface area contributed by atoms with Gasteiger partial charge in [-0.15, -0.1) is 0 Å². The molecule has 0 aromatic rings. The van der Waals surface area contributed by atoms with Crippen LogP contribution in [0.5, 0.6) is 0 Å². The largest absolute Gasteiger partial charge is 0.462 e. The Kier molecular flexibility index (Phi) is 44.4. The molecule has 0 heterocycles. The van der Waals surface area contributed by atoms with E-state index in [-0.39, 0.29) is 31.3 Å². The highest BCUT2D eigenvalue weighted by molar-refractivity contribution is 5.77. The van der Waals surface area contributed by atoms with Crippen molar-refractivity contribution in [2.45, 2.75) is 206 Å². The third-order valence-corrected chi connectivity index (χ3v) is 10.1. The molecule has 344 valence electrons. The maximum atomic E-state index is 13.1. The van der Waals surface area contributed by atoms with Crippen LogP contribution in [0.4, 0.5) is 0 Å². The number of allylic oxidation sites excluding steroid dienone is 20. The van der Waals surface area contributed by atoms with Crippen molar-refractivity contribution < 1.29 is 24.5 Å². The Morgan fingerprint density at radius 2 is 0.967 bits per heavy atom. The predicted molar refractivity (Wildman–Crippen MR) is 263 cm³/mol. The zero-order valence-corrected chi connectivity index (χ0v) is 39.0. The first kappa shape index (κ1) is 57.3. The van der Waals surface area contributed by atoms with Crippen LogP contribution in [0.25, 0.3) is 0 Å². The molecule has 0 aliphatic rings. The fourth-order valence-corrected chi connectivity index (χ4v) is 6.52. The number of hydrogen-bond donors (Lipinski definition) is 3. The zero-order chi connectivity index (χ0) is 44.5. The van der Waals surface area contributed by atoms with E-state index in [2.05, 4.69) is 111 Å². The number of ether oxygens (including phenoxy) is 1. The number of rotatable bonds is 41. The van der Waals surface area contributed by atoms with Crippen LogP contribution >= 0.6 is 0 Å². The number of hydrogen-bond acceptors (Lipinski definition) is 5. The smallest absolute Gasteiger partial charge is 0.306 e. The second-order valence-electron chi connectivity index (χ2n) is 15.8. The first-order chi connectivity index (χ1) is 30.0. The molecule has 0 bridgehead atoms. The van der Waals surface area contributed by atoms with E-state index in [9.17, 15) is 19.8 Å². The van der Waals surface area contributed by atoms with E-state index in [1.807, 2.05) is 36.5 Å². The highest BCUT2D eigenvalue weighted by Gasteiger charge is 2.24. The van der Waals surface area contributed by atoms with Crippen molar-refractivity contribution in [2.24, 2.45) is 0 Å². The monoisotopic (exact) mass is 844 g/mol. The molecule has 0 rings (SSSR count). The Hall–Kier alpha value is -3.74. The Morgan fingerprint density at radius 1 is 0.508 bits per heavy atom. The number of carbonyl (C=O) groups excluding carboxylic acids is 2. The molecule has 0 radical (unpaired) electrons. The molecule has 0 saturated carbocycles. The molecule has 0 aliphatic carbocycles. The Bertz CT molecular complexity index is 1310. The van der Waals surface area contributed by atoms with Gasteiger partial charge in [-0.3, -0.25) is 9.59 Å². The van der Waals surface area contributed by atoms with Crippen molar-refractivity contribution >= 4 is 11.9 Å². The number of aliphatic hydroxyl groups is 2. The maximum absolute atomic E-state index is 13.1. The SMILES string of the molecule is CC/C=C\C/C=C\C/C=C\C/C=C\C/C=C\C/C=C\CCC(=O)OC(CCCCC\C=C/C=C/C=C/C=C/CC)CC(=O)NC(CO)C(O)CCCCCCCCCCCC. The van der Waals surface area contributed by atoms with Crippen molar-refractivity contribution in [3.63, 3.8) is 0 Å². The standard InChI is InChI=1S/C55H89NO5/c1-4-7-10-13-16-19-22-24-25-26-27-28-29-31-33-36-39-42-45-48-55(60)61-51(46-43-40-37-34-32-30-23-20-17-14-11-8-5-2)49-54(59)56-52(50-57)53(58)47-44-41-38-35-21-18-15-12-9-6-3/h7-8,10-11,14,16-17,19-20,23-25,27-28,30-33,39,42,51-53,57-58H,4-6,9,12-13,15,18,21-22,26,29,34-38,40-41,43-50H2,1-3H3,(H,56,59)/b10-7-,11-8+,17-14+,19-16-,23-20+,25-24-,28-27-,32-30-,33-31-,42-39-. The van der Waals surface area contributed by atoms with Crippen LogP contribution in [0, 0.1) is 0 Å². The average molecular weight is 844 g/mol. The minimum absolute atomic E-state index is 0.0127. The second-order valence-corrected chi connectivity index (χ2v) is 15.8. The van der Waals surface area contributed by atoms with E-state index in [0.717, 1.165) is 89.9 Å². The molecule has 6 nitrogen and oxygen atoms in total. The number of esters is 1. The Morgan fingerprint density at radius 3 is 1.51 bits per heavy atom. The maximum Gasteiger partial charge on any atom is 0.306 e. The van der Waals surface area contributed by atoms with E-state index < -0.39 is 18.2 Å². The number of amides is 1. The molecular formula is C55H89NO5. The minimum atomic E-state index is -0.817. The summed E-state index contributed by atoms with van der Waals surface area (Å²) in [6.45, 7) is 6.16. The summed E-state index contributed by atoms with van der Waals surface area (Å²) in [6, 6.07) is -0.736. The lowest BCUT2D eigenvalue weighted by Gasteiger charge is -2.24. The lowest BCUT2D eigenvalue weighted by atomic mass is 10.0. The van der Waals surface area contributed by atoms with Gasteiger partial charge < -0.3 is 20.3 Å². The van der Waals surface area contributed by atoms with Crippen LogP contribution in [-0.2, 0) is 14.3 Å². The second kappa shape index (κ2) is 47.3. The van der Waals surface area contributed by atoms with Crippen LogP contribution in [0.3, 0.4) is 0 Å². The van der Waals surface area contributed by atoms with E-state index >= 15 is 0 Å². The van der Waals surface area contributed by atoms with Gasteiger partial charge in [-0.2, -0.15) is 0 Å². The first-order valence-electron chi connectivity index (χ1n) is 24.3. The summed E-state index contributed by atoms with van der Waals surface area (Å²) >= 11 is 0. The summed E-state index contributed by atoms with van der Waals surface area (Å²) in [7, 11) is 0. The molecular weight excluding hydrogens is 755 g/mol. The van der Waals surface area contributed by atoms with Gasteiger partial charge in [0, 0.05) is 6.42 Å². The van der Waals surface area contributed by atoms with E-state index in [1.54, 1.807) is 0 Å². The molecule has 0 aromatic heterocycles. The van der Waals surface area contributed by atoms with Gasteiger partial charge in [0.1, 0.15) is 6.10 Å². The summed E-state index contributed by atoms with van der Waals surface area (Å²) in [5.74, 6) is -0.629. The quantitative estimate of drug-likeness (QED) is 0.0247. The van der Waals surface area contributed by atoms with E-state index in [0.29, 0.717) is 19.3 Å². The van der Waals surface area contributed by atoms with Crippen LogP contribution in [0.15, 0.2) is 122 Å². The van der Waals surface area contributed by atoms with Crippen molar-refractivity contribution in [3.05, 3.63) is 122 Å². The van der Waals surface area contributed by atoms with Crippen LogP contribution in [0.1, 0.15) is 188 Å². The molecule has 3 N–H and O–H groups in total. The topological polar surface area (TPSA) is 95.9 Å². The third kappa shape index (κ3) is 42.7. The molecule has 0 fully saturated rings. The van der Waals surface area contributed by atoms with Gasteiger partial charge in [0.2, 0.25) is 5.91 Å². The molecule has 3 atom stereocenters. The van der Waals surface area contributed by atoms with Crippen LogP contribution < -0.4 is 5.32 Å². The van der Waals surface area contributed by atoms with Crippen molar-refractivity contribution in [1.29, 1.82) is 0 Å². The van der Waals surface area contributed by atoms with Gasteiger partial charge in [-0.25, -0.2) is 0 Å². The molecule has 61 heavy (non-hydrogen) atoms. The van der Waals surface area contributed by atoms with Crippen molar-refractivity contribution in [3.8, 4) is 0 Å². The molecule has 0 saturated heterocycles. The number of carbonyl (C=O) groups is 2. The Labute approximate surface area is 374 Å². The lowest BCUT2D eigenvalue weighted by molar-refractivity contribution is -0.150. The van der Waals surface area contributed by atoms with Gasteiger partial charge in [0.05, 0.1) is 25.2 Å². The van der Waals surface area contributed by atoms with Gasteiger partial charge in [-0.05, 0) is 83.5 Å². The van der Waals surface area contributed by atoms with Crippen molar-refractivity contribution in [2.75, 3.05) is 6.61 Å².